The Kier molecular flexibility index (Phi) is 4.56. The molecule has 5 N–H and O–H groups in total. The van der Waals surface area contributed by atoms with Gasteiger partial charge in [0, 0.05) is 12.5 Å². The van der Waals surface area contributed by atoms with E-state index in [1.807, 2.05) is 0 Å². The first-order valence-corrected chi connectivity index (χ1v) is 5.95. The largest absolute Gasteiger partial charge is 0.322 e. The van der Waals surface area contributed by atoms with Gasteiger partial charge in [0.05, 0.1) is 0 Å². The van der Waals surface area contributed by atoms with Gasteiger partial charge in [0.25, 0.3) is 0 Å². The molecule has 5 nitrogen and oxygen atoms in total. The molecule has 0 amide bonds. The molecule has 0 spiro atoms. The van der Waals surface area contributed by atoms with Crippen LogP contribution in [0.15, 0.2) is 5.10 Å². The highest BCUT2D eigenvalue weighted by Gasteiger charge is 2.25. The lowest BCUT2D eigenvalue weighted by atomic mass is 9.93. The number of amidine groups is 1. The smallest absolute Gasteiger partial charge is 0.141 e. The third-order valence-electron chi connectivity index (χ3n) is 2.78. The zero-order valence-electron chi connectivity index (χ0n) is 10.7. The number of hydrogen-bond donors (Lipinski definition) is 3. The molecule has 0 unspecified atom stereocenters. The van der Waals surface area contributed by atoms with Gasteiger partial charge in [0.15, 0.2) is 0 Å². The zero-order valence-corrected chi connectivity index (χ0v) is 10.7. The SMILES string of the molecule is CC(C)(C)CN(N)/C(=N\N)C1CCNCC1. The molecule has 1 fully saturated rings. The molecule has 16 heavy (non-hydrogen) atoms. The Morgan fingerprint density at radius 2 is 1.94 bits per heavy atom. The summed E-state index contributed by atoms with van der Waals surface area (Å²) in [4.78, 5) is 0. The molecular formula is C11H25N5. The summed E-state index contributed by atoms with van der Waals surface area (Å²) < 4.78 is 0. The number of piperidine rings is 1. The molecule has 0 aliphatic carbocycles. The fourth-order valence-electron chi connectivity index (χ4n) is 2.09. The fraction of sp³-hybridized carbons (Fsp3) is 0.909. The van der Waals surface area contributed by atoms with Crippen molar-refractivity contribution in [2.45, 2.75) is 33.6 Å². The number of rotatable bonds is 2. The Balaban J connectivity index is 2.59. The molecular weight excluding hydrogens is 202 g/mol. The average Bonchev–Trinajstić information content (AvgIpc) is 2.17. The quantitative estimate of drug-likeness (QED) is 0.277. The average molecular weight is 227 g/mol. The van der Waals surface area contributed by atoms with E-state index in [4.69, 9.17) is 11.7 Å². The van der Waals surface area contributed by atoms with Crippen molar-refractivity contribution in [2.24, 2.45) is 28.1 Å². The van der Waals surface area contributed by atoms with Crippen molar-refractivity contribution in [2.75, 3.05) is 19.6 Å². The number of nitrogens with one attached hydrogen (secondary N) is 1. The first kappa shape index (κ1) is 13.3. The molecule has 5 heteroatoms. The Bertz CT molecular complexity index is 237. The molecule has 0 bridgehead atoms. The second-order valence-electron chi connectivity index (χ2n) is 5.70. The highest BCUT2D eigenvalue weighted by atomic mass is 15.5. The van der Waals surface area contributed by atoms with Crippen molar-refractivity contribution >= 4 is 5.84 Å². The van der Waals surface area contributed by atoms with Crippen LogP contribution in [0.4, 0.5) is 0 Å². The minimum atomic E-state index is 0.150. The van der Waals surface area contributed by atoms with Gasteiger partial charge in [-0.3, -0.25) is 5.01 Å². The Labute approximate surface area is 98.2 Å². The summed E-state index contributed by atoms with van der Waals surface area (Å²) in [6.45, 7) is 9.28. The van der Waals surface area contributed by atoms with E-state index >= 15 is 0 Å². The van der Waals surface area contributed by atoms with Gasteiger partial charge >= 0.3 is 0 Å². The van der Waals surface area contributed by atoms with E-state index < -0.39 is 0 Å². The maximum absolute atomic E-state index is 6.05. The minimum absolute atomic E-state index is 0.150. The highest BCUT2D eigenvalue weighted by Crippen LogP contribution is 2.19. The van der Waals surface area contributed by atoms with Gasteiger partial charge < -0.3 is 11.2 Å². The Hall–Kier alpha value is -0.810. The summed E-state index contributed by atoms with van der Waals surface area (Å²) in [5.74, 6) is 12.8. The standard InChI is InChI=1S/C11H25N5/c1-11(2,3)8-16(13)10(15-12)9-4-6-14-7-5-9/h9,14H,4-8,12-13H2,1-3H3/b15-10-. The van der Waals surface area contributed by atoms with E-state index in [9.17, 15) is 0 Å². The molecule has 0 atom stereocenters. The third kappa shape index (κ3) is 3.98. The Morgan fingerprint density at radius 1 is 1.38 bits per heavy atom. The predicted molar refractivity (Wildman–Crippen MR) is 67.6 cm³/mol. The lowest BCUT2D eigenvalue weighted by molar-refractivity contribution is 0.263. The summed E-state index contributed by atoms with van der Waals surface area (Å²) in [6, 6.07) is 0. The maximum Gasteiger partial charge on any atom is 0.141 e. The number of hydrazone groups is 1. The summed E-state index contributed by atoms with van der Waals surface area (Å²) in [5, 5.41) is 8.93. The second kappa shape index (κ2) is 5.50. The van der Waals surface area contributed by atoms with Crippen LogP contribution in [0.3, 0.4) is 0 Å². The minimum Gasteiger partial charge on any atom is -0.322 e. The maximum atomic E-state index is 6.05. The summed E-state index contributed by atoms with van der Waals surface area (Å²) in [6.07, 6.45) is 2.13. The lowest BCUT2D eigenvalue weighted by Crippen LogP contribution is -2.48. The Morgan fingerprint density at radius 3 is 2.38 bits per heavy atom. The van der Waals surface area contributed by atoms with E-state index in [1.54, 1.807) is 5.01 Å². The van der Waals surface area contributed by atoms with Crippen LogP contribution in [0.1, 0.15) is 33.6 Å². The molecule has 94 valence electrons. The predicted octanol–water partition coefficient (Wildman–Crippen LogP) is 0.480. The van der Waals surface area contributed by atoms with Crippen LogP contribution in [-0.4, -0.2) is 30.5 Å². The summed E-state index contributed by atoms with van der Waals surface area (Å²) in [5.41, 5.74) is 0.150. The number of nitrogens with zero attached hydrogens (tertiary/aromatic N) is 2. The van der Waals surface area contributed by atoms with Crippen LogP contribution in [0, 0.1) is 11.3 Å². The van der Waals surface area contributed by atoms with Crippen LogP contribution in [0.2, 0.25) is 0 Å². The van der Waals surface area contributed by atoms with E-state index in [-0.39, 0.29) is 5.41 Å². The summed E-state index contributed by atoms with van der Waals surface area (Å²) in [7, 11) is 0. The molecule has 0 aromatic rings. The third-order valence-corrected chi connectivity index (χ3v) is 2.78. The second-order valence-corrected chi connectivity index (χ2v) is 5.70. The van der Waals surface area contributed by atoms with Crippen molar-refractivity contribution < 1.29 is 0 Å². The molecule has 0 aromatic heterocycles. The number of hydrazine groups is 1. The van der Waals surface area contributed by atoms with Crippen molar-refractivity contribution in [3.8, 4) is 0 Å². The van der Waals surface area contributed by atoms with Gasteiger partial charge in [0.2, 0.25) is 0 Å². The number of nitrogens with two attached hydrogens (primary N) is 2. The topological polar surface area (TPSA) is 79.7 Å². The zero-order chi connectivity index (χ0) is 12.2. The molecule has 1 aliphatic rings. The van der Waals surface area contributed by atoms with Crippen LogP contribution >= 0.6 is 0 Å². The normalized spacial score (nSPS) is 19.9. The molecule has 1 heterocycles. The van der Waals surface area contributed by atoms with Gasteiger partial charge in [-0.1, -0.05) is 20.8 Å². The van der Waals surface area contributed by atoms with Crippen molar-refractivity contribution in [3.63, 3.8) is 0 Å². The summed E-state index contributed by atoms with van der Waals surface area (Å²) >= 11 is 0. The van der Waals surface area contributed by atoms with E-state index in [0.29, 0.717) is 5.92 Å². The molecule has 1 aliphatic heterocycles. The molecule has 1 rings (SSSR count). The van der Waals surface area contributed by atoms with Crippen LogP contribution < -0.4 is 17.0 Å². The lowest BCUT2D eigenvalue weighted by Gasteiger charge is -2.33. The van der Waals surface area contributed by atoms with Crippen LogP contribution in [0.25, 0.3) is 0 Å². The molecule has 0 saturated carbocycles. The van der Waals surface area contributed by atoms with Crippen LogP contribution in [0.5, 0.6) is 0 Å². The number of hydrogen-bond acceptors (Lipinski definition) is 4. The molecule has 0 aromatic carbocycles. The highest BCUT2D eigenvalue weighted by molar-refractivity contribution is 5.84. The first-order chi connectivity index (χ1) is 7.44. The van der Waals surface area contributed by atoms with E-state index in [2.05, 4.69) is 31.2 Å². The van der Waals surface area contributed by atoms with Gasteiger partial charge in [0.1, 0.15) is 5.84 Å². The molecule has 1 saturated heterocycles. The first-order valence-electron chi connectivity index (χ1n) is 5.95. The molecule has 0 radical (unpaired) electrons. The van der Waals surface area contributed by atoms with E-state index in [0.717, 1.165) is 38.3 Å². The van der Waals surface area contributed by atoms with Gasteiger partial charge in [-0.05, 0) is 31.3 Å². The van der Waals surface area contributed by atoms with Crippen molar-refractivity contribution in [1.82, 2.24) is 10.3 Å². The van der Waals surface area contributed by atoms with Crippen molar-refractivity contribution in [1.29, 1.82) is 0 Å². The van der Waals surface area contributed by atoms with Gasteiger partial charge in [-0.25, -0.2) is 5.84 Å². The van der Waals surface area contributed by atoms with Gasteiger partial charge in [-0.15, -0.1) is 0 Å². The van der Waals surface area contributed by atoms with Crippen LogP contribution in [-0.2, 0) is 0 Å². The fourth-order valence-corrected chi connectivity index (χ4v) is 2.09. The van der Waals surface area contributed by atoms with Crippen molar-refractivity contribution in [3.05, 3.63) is 0 Å². The van der Waals surface area contributed by atoms with Gasteiger partial charge in [-0.2, -0.15) is 5.10 Å². The monoisotopic (exact) mass is 227 g/mol. The van der Waals surface area contributed by atoms with E-state index in [1.165, 1.54) is 0 Å².